The third-order valence-corrected chi connectivity index (χ3v) is 4.95. The number of H-pyrrole nitrogens is 1. The molecule has 0 radical (unpaired) electrons. The van der Waals surface area contributed by atoms with Crippen LogP contribution in [0.25, 0.3) is 0 Å². The van der Waals surface area contributed by atoms with Crippen molar-refractivity contribution in [3.8, 4) is 11.5 Å². The van der Waals surface area contributed by atoms with Crippen molar-refractivity contribution in [3.63, 3.8) is 0 Å². The van der Waals surface area contributed by atoms with Crippen molar-refractivity contribution >= 4 is 5.91 Å². The first-order valence-corrected chi connectivity index (χ1v) is 8.51. The van der Waals surface area contributed by atoms with E-state index in [9.17, 15) is 4.79 Å². The Morgan fingerprint density at radius 1 is 1.15 bits per heavy atom. The van der Waals surface area contributed by atoms with E-state index in [2.05, 4.69) is 10.2 Å². The molecule has 2 aliphatic rings. The molecular weight excluding hydrogens is 330 g/mol. The van der Waals surface area contributed by atoms with Crippen LogP contribution in [-0.2, 0) is 6.54 Å². The number of carbonyl (C=O) groups excluding carboxylic acids is 1. The Kier molecular flexibility index (Phi) is 3.25. The van der Waals surface area contributed by atoms with Crippen molar-refractivity contribution in [1.82, 2.24) is 15.1 Å². The zero-order chi connectivity index (χ0) is 17.7. The van der Waals surface area contributed by atoms with E-state index >= 15 is 0 Å². The van der Waals surface area contributed by atoms with Crippen molar-refractivity contribution < 1.29 is 14.3 Å². The Morgan fingerprint density at radius 3 is 2.81 bits per heavy atom. The fourth-order valence-electron chi connectivity index (χ4n) is 3.72. The molecule has 0 aliphatic carbocycles. The molecule has 0 saturated heterocycles. The summed E-state index contributed by atoms with van der Waals surface area (Å²) in [5.41, 5.74) is 4.41. The van der Waals surface area contributed by atoms with Crippen LogP contribution in [0.2, 0.25) is 0 Å². The Morgan fingerprint density at radius 2 is 1.96 bits per heavy atom. The maximum atomic E-state index is 13.0. The van der Waals surface area contributed by atoms with Crippen LogP contribution in [0, 0.1) is 6.92 Å². The molecule has 2 aliphatic heterocycles. The minimum absolute atomic E-state index is 0.0594. The van der Waals surface area contributed by atoms with Crippen molar-refractivity contribution in [2.24, 2.45) is 0 Å². The highest BCUT2D eigenvalue weighted by atomic mass is 16.7. The van der Waals surface area contributed by atoms with Gasteiger partial charge in [-0.05, 0) is 30.2 Å². The normalized spacial score (nSPS) is 17.7. The van der Waals surface area contributed by atoms with Crippen molar-refractivity contribution in [2.45, 2.75) is 19.5 Å². The van der Waals surface area contributed by atoms with Crippen LogP contribution in [0.15, 0.2) is 48.5 Å². The van der Waals surface area contributed by atoms with E-state index in [1.165, 1.54) is 0 Å². The molecular formula is C20H17N3O3. The summed E-state index contributed by atoms with van der Waals surface area (Å²) in [6.45, 7) is 2.70. The van der Waals surface area contributed by atoms with E-state index in [-0.39, 0.29) is 18.7 Å². The summed E-state index contributed by atoms with van der Waals surface area (Å²) in [5, 5.41) is 7.20. The van der Waals surface area contributed by atoms with Gasteiger partial charge in [0.25, 0.3) is 5.91 Å². The van der Waals surface area contributed by atoms with Gasteiger partial charge in [-0.1, -0.05) is 36.4 Å². The van der Waals surface area contributed by atoms with Gasteiger partial charge in [0.1, 0.15) is 0 Å². The zero-order valence-corrected chi connectivity index (χ0v) is 14.2. The van der Waals surface area contributed by atoms with Gasteiger partial charge >= 0.3 is 0 Å². The number of hydrogen-bond donors (Lipinski definition) is 1. The Balaban J connectivity index is 1.60. The minimum Gasteiger partial charge on any atom is -0.454 e. The summed E-state index contributed by atoms with van der Waals surface area (Å²) >= 11 is 0. The maximum Gasteiger partial charge on any atom is 0.275 e. The lowest BCUT2D eigenvalue weighted by molar-refractivity contribution is 0.0729. The van der Waals surface area contributed by atoms with E-state index < -0.39 is 0 Å². The van der Waals surface area contributed by atoms with Gasteiger partial charge in [-0.3, -0.25) is 9.89 Å². The van der Waals surface area contributed by atoms with Gasteiger partial charge in [0.05, 0.1) is 6.04 Å². The van der Waals surface area contributed by atoms with Gasteiger partial charge in [-0.15, -0.1) is 0 Å². The van der Waals surface area contributed by atoms with Crippen molar-refractivity contribution in [2.75, 3.05) is 6.79 Å². The second kappa shape index (κ2) is 5.62. The van der Waals surface area contributed by atoms with Crippen molar-refractivity contribution in [1.29, 1.82) is 0 Å². The van der Waals surface area contributed by atoms with Crippen LogP contribution in [0.5, 0.6) is 11.5 Å². The first-order chi connectivity index (χ1) is 12.7. The second-order valence-corrected chi connectivity index (χ2v) is 6.54. The topological polar surface area (TPSA) is 67.5 Å². The number of carbonyl (C=O) groups is 1. The number of rotatable bonds is 3. The van der Waals surface area contributed by atoms with Gasteiger partial charge in [0, 0.05) is 17.8 Å². The minimum atomic E-state index is -0.203. The van der Waals surface area contributed by atoms with Crippen LogP contribution in [0.3, 0.4) is 0 Å². The highest BCUT2D eigenvalue weighted by Crippen LogP contribution is 2.43. The molecule has 0 bridgehead atoms. The molecule has 1 N–H and O–H groups in total. The molecule has 6 nitrogen and oxygen atoms in total. The molecule has 3 aromatic rings. The number of nitrogens with zero attached hydrogens (tertiary/aromatic N) is 2. The summed E-state index contributed by atoms with van der Waals surface area (Å²) in [5.74, 6) is 1.39. The smallest absolute Gasteiger partial charge is 0.275 e. The third kappa shape index (κ3) is 2.19. The van der Waals surface area contributed by atoms with Crippen LogP contribution < -0.4 is 9.47 Å². The lowest BCUT2D eigenvalue weighted by atomic mass is 9.98. The number of hydrogen-bond acceptors (Lipinski definition) is 4. The van der Waals surface area contributed by atoms with Crippen LogP contribution in [-0.4, -0.2) is 27.8 Å². The van der Waals surface area contributed by atoms with Crippen molar-refractivity contribution in [3.05, 3.63) is 76.6 Å². The third-order valence-electron chi connectivity index (χ3n) is 4.95. The monoisotopic (exact) mass is 347 g/mol. The summed E-state index contributed by atoms with van der Waals surface area (Å²) in [7, 11) is 0. The van der Waals surface area contributed by atoms with E-state index in [1.807, 2.05) is 60.4 Å². The predicted octanol–water partition coefficient (Wildman–Crippen LogP) is 3.19. The number of ether oxygens (including phenoxy) is 2. The number of aryl methyl sites for hydroxylation is 1. The van der Waals surface area contributed by atoms with Gasteiger partial charge in [0.2, 0.25) is 6.79 Å². The van der Waals surface area contributed by atoms with Gasteiger partial charge in [-0.25, -0.2) is 0 Å². The number of benzene rings is 2. The molecule has 0 saturated carbocycles. The lowest BCUT2D eigenvalue weighted by Crippen LogP contribution is -2.29. The van der Waals surface area contributed by atoms with Crippen LogP contribution >= 0.6 is 0 Å². The van der Waals surface area contributed by atoms with Crippen LogP contribution in [0.1, 0.15) is 38.9 Å². The molecule has 0 spiro atoms. The average Bonchev–Trinajstić information content (AvgIpc) is 3.34. The van der Waals surface area contributed by atoms with Gasteiger partial charge in [0.15, 0.2) is 17.2 Å². The molecule has 1 unspecified atom stereocenters. The standard InChI is InChI=1S/C20H17N3O3/c1-12-17-18(22-21-12)20(24)23(10-13-5-3-2-4-6-13)19(17)14-7-8-15-16(9-14)26-11-25-15/h2-9,19H,10-11H2,1H3,(H,21,22). The van der Waals surface area contributed by atoms with E-state index in [0.717, 1.165) is 28.1 Å². The van der Waals surface area contributed by atoms with E-state index in [1.54, 1.807) is 0 Å². The molecule has 5 rings (SSSR count). The number of amides is 1. The second-order valence-electron chi connectivity index (χ2n) is 6.54. The average molecular weight is 347 g/mol. The highest BCUT2D eigenvalue weighted by Gasteiger charge is 2.41. The summed E-state index contributed by atoms with van der Waals surface area (Å²) in [4.78, 5) is 14.9. The predicted molar refractivity (Wildman–Crippen MR) is 94.0 cm³/mol. The highest BCUT2D eigenvalue weighted by molar-refractivity contribution is 5.98. The Bertz CT molecular complexity index is 997. The molecule has 1 aromatic heterocycles. The molecule has 3 heterocycles. The SMILES string of the molecule is Cc1[nH]nc2c1C(c1ccc3c(c1)OCO3)N(Cc1ccccc1)C2=O. The fraction of sp³-hybridized carbons (Fsp3) is 0.200. The number of aromatic amines is 1. The number of aromatic nitrogens is 2. The Hall–Kier alpha value is -3.28. The summed E-state index contributed by atoms with van der Waals surface area (Å²) < 4.78 is 10.9. The Labute approximate surface area is 150 Å². The van der Waals surface area contributed by atoms with Gasteiger partial charge < -0.3 is 14.4 Å². The summed E-state index contributed by atoms with van der Waals surface area (Å²) in [6.07, 6.45) is 0. The number of fused-ring (bicyclic) bond motifs is 2. The van der Waals surface area contributed by atoms with E-state index in [4.69, 9.17) is 9.47 Å². The molecule has 1 amide bonds. The fourth-order valence-corrected chi connectivity index (χ4v) is 3.72. The van der Waals surface area contributed by atoms with Gasteiger partial charge in [-0.2, -0.15) is 5.10 Å². The lowest BCUT2D eigenvalue weighted by Gasteiger charge is -2.26. The first kappa shape index (κ1) is 15.0. The molecule has 26 heavy (non-hydrogen) atoms. The largest absolute Gasteiger partial charge is 0.454 e. The number of nitrogens with one attached hydrogen (secondary N) is 1. The first-order valence-electron chi connectivity index (χ1n) is 8.51. The quantitative estimate of drug-likeness (QED) is 0.790. The van der Waals surface area contributed by atoms with Crippen LogP contribution in [0.4, 0.5) is 0 Å². The molecule has 1 atom stereocenters. The summed E-state index contributed by atoms with van der Waals surface area (Å²) in [6, 6.07) is 15.6. The zero-order valence-electron chi connectivity index (χ0n) is 14.2. The molecule has 0 fully saturated rings. The molecule has 130 valence electrons. The molecule has 6 heteroatoms. The maximum absolute atomic E-state index is 13.0. The molecule has 2 aromatic carbocycles. The van der Waals surface area contributed by atoms with E-state index in [0.29, 0.717) is 18.0 Å².